The van der Waals surface area contributed by atoms with E-state index < -0.39 is 0 Å². The Kier molecular flexibility index (Phi) is 4.81. The molecule has 2 saturated heterocycles. The third-order valence-electron chi connectivity index (χ3n) is 5.74. The highest BCUT2D eigenvalue weighted by atomic mass is 19.1. The van der Waals surface area contributed by atoms with Gasteiger partial charge in [-0.3, -0.25) is 4.90 Å². The fourth-order valence-electron chi connectivity index (χ4n) is 4.15. The van der Waals surface area contributed by atoms with Crippen LogP contribution in [0.3, 0.4) is 0 Å². The number of anilines is 1. The molecule has 0 N–H and O–H groups in total. The molecule has 5 rings (SSSR count). The normalized spacial score (nSPS) is 18.2. The maximum atomic E-state index is 13.8. The molecule has 3 heterocycles. The second-order valence-electron chi connectivity index (χ2n) is 7.66. The van der Waals surface area contributed by atoms with Crippen LogP contribution in [0.15, 0.2) is 35.0 Å². The molecule has 0 atom stereocenters. The van der Waals surface area contributed by atoms with Gasteiger partial charge in [0.05, 0.1) is 26.0 Å². The second-order valence-corrected chi connectivity index (χ2v) is 7.66. The van der Waals surface area contributed by atoms with Crippen LogP contribution in [-0.4, -0.2) is 68.3 Å². The molecule has 0 radical (unpaired) electrons. The Hall–Kier alpha value is -2.71. The summed E-state index contributed by atoms with van der Waals surface area (Å²) in [5.74, 6) is 0.462. The lowest BCUT2D eigenvalue weighted by atomic mass is 9.96. The van der Waals surface area contributed by atoms with Gasteiger partial charge in [0.1, 0.15) is 5.52 Å². The van der Waals surface area contributed by atoms with Gasteiger partial charge in [0.2, 0.25) is 0 Å². The Balaban J connectivity index is 1.39. The van der Waals surface area contributed by atoms with E-state index in [9.17, 15) is 4.39 Å². The van der Waals surface area contributed by atoms with Gasteiger partial charge in [0.15, 0.2) is 17.1 Å². The number of morpholine rings is 1. The van der Waals surface area contributed by atoms with Gasteiger partial charge in [-0.15, -0.1) is 0 Å². The van der Waals surface area contributed by atoms with E-state index in [1.54, 1.807) is 12.1 Å². The number of hydrogen-bond acceptors (Lipinski definition) is 7. The number of fused-ring (bicyclic) bond motifs is 1. The number of ether oxygens (including phenoxy) is 2. The highest BCUT2D eigenvalue weighted by Crippen LogP contribution is 2.36. The van der Waals surface area contributed by atoms with Crippen molar-refractivity contribution in [2.24, 2.45) is 5.92 Å². The van der Waals surface area contributed by atoms with Gasteiger partial charge in [-0.05, 0) is 45.7 Å². The van der Waals surface area contributed by atoms with Crippen molar-refractivity contribution in [3.63, 3.8) is 0 Å². The lowest BCUT2D eigenvalue weighted by molar-refractivity contribution is 0.0286. The zero-order valence-electron chi connectivity index (χ0n) is 16.3. The highest BCUT2D eigenvalue weighted by molar-refractivity contribution is 5.93. The predicted octanol–water partition coefficient (Wildman–Crippen LogP) is 2.81. The maximum Gasteiger partial charge on any atom is 0.165 e. The third kappa shape index (κ3) is 3.54. The van der Waals surface area contributed by atoms with Crippen molar-refractivity contribution in [1.29, 1.82) is 0 Å². The first-order chi connectivity index (χ1) is 14.2. The molecule has 8 heteroatoms. The van der Waals surface area contributed by atoms with Crippen molar-refractivity contribution in [2.45, 2.75) is 0 Å². The summed E-state index contributed by atoms with van der Waals surface area (Å²) >= 11 is 0. The van der Waals surface area contributed by atoms with Crippen LogP contribution in [-0.2, 0) is 4.74 Å². The molecular formula is C21H23FN4O3. The van der Waals surface area contributed by atoms with Crippen LogP contribution in [0, 0.1) is 11.7 Å². The molecule has 7 nitrogen and oxygen atoms in total. The molecule has 3 aromatic rings. The zero-order valence-corrected chi connectivity index (χ0v) is 16.3. The molecule has 152 valence electrons. The first-order valence-corrected chi connectivity index (χ1v) is 9.86. The lowest BCUT2D eigenvalue weighted by Crippen LogP contribution is -2.53. The van der Waals surface area contributed by atoms with Crippen LogP contribution in [0.5, 0.6) is 5.75 Å². The number of aromatic nitrogens is 2. The smallest absolute Gasteiger partial charge is 0.165 e. The van der Waals surface area contributed by atoms with E-state index in [0.717, 1.165) is 68.3 Å². The van der Waals surface area contributed by atoms with Gasteiger partial charge in [0, 0.05) is 38.6 Å². The van der Waals surface area contributed by atoms with Crippen LogP contribution in [0.25, 0.3) is 22.2 Å². The van der Waals surface area contributed by atoms with Crippen LogP contribution >= 0.6 is 0 Å². The molecule has 2 aliphatic heterocycles. The standard InChI is InChI=1S/C21H23FN4O3/c1-27-20-10-15(2-3-17(20)22)16-8-18-21(24-29-23-18)19(9-16)26-12-14(13-26)11-25-4-6-28-7-5-25/h2-3,8-10,14H,4-7,11-13H2,1H3. The summed E-state index contributed by atoms with van der Waals surface area (Å²) in [4.78, 5) is 4.78. The Morgan fingerprint density at radius 2 is 1.93 bits per heavy atom. The van der Waals surface area contributed by atoms with Crippen LogP contribution in [0.2, 0.25) is 0 Å². The van der Waals surface area contributed by atoms with Gasteiger partial charge < -0.3 is 14.4 Å². The molecule has 0 spiro atoms. The van der Waals surface area contributed by atoms with Crippen molar-refractivity contribution in [1.82, 2.24) is 15.2 Å². The Bertz CT molecular complexity index is 1010. The molecule has 0 aliphatic carbocycles. The molecule has 2 aromatic carbocycles. The summed E-state index contributed by atoms with van der Waals surface area (Å²) in [6, 6.07) is 8.84. The predicted molar refractivity (Wildman–Crippen MR) is 107 cm³/mol. The van der Waals surface area contributed by atoms with E-state index in [4.69, 9.17) is 14.1 Å². The van der Waals surface area contributed by atoms with Crippen molar-refractivity contribution in [3.8, 4) is 16.9 Å². The fourth-order valence-corrected chi connectivity index (χ4v) is 4.15. The summed E-state index contributed by atoms with van der Waals surface area (Å²) in [7, 11) is 1.47. The van der Waals surface area contributed by atoms with Gasteiger partial charge in [-0.2, -0.15) is 0 Å². The lowest BCUT2D eigenvalue weighted by Gasteiger charge is -2.43. The molecule has 0 bridgehead atoms. The molecular weight excluding hydrogens is 375 g/mol. The van der Waals surface area contributed by atoms with Crippen LogP contribution in [0.4, 0.5) is 10.1 Å². The minimum Gasteiger partial charge on any atom is -0.494 e. The van der Waals surface area contributed by atoms with Crippen LogP contribution < -0.4 is 9.64 Å². The van der Waals surface area contributed by atoms with Gasteiger partial charge in [-0.1, -0.05) is 6.07 Å². The Labute approximate surface area is 167 Å². The monoisotopic (exact) mass is 398 g/mol. The number of methoxy groups -OCH3 is 1. The highest BCUT2D eigenvalue weighted by Gasteiger charge is 2.31. The molecule has 2 fully saturated rings. The minimum absolute atomic E-state index is 0.219. The number of halogens is 1. The van der Waals surface area contributed by atoms with E-state index >= 15 is 0 Å². The van der Waals surface area contributed by atoms with E-state index in [-0.39, 0.29) is 11.6 Å². The maximum absolute atomic E-state index is 13.8. The van der Waals surface area contributed by atoms with Crippen molar-refractivity contribution >= 4 is 16.7 Å². The number of rotatable bonds is 5. The van der Waals surface area contributed by atoms with Crippen LogP contribution in [0.1, 0.15) is 0 Å². The number of nitrogens with zero attached hydrogens (tertiary/aromatic N) is 4. The Morgan fingerprint density at radius 1 is 1.10 bits per heavy atom. The second kappa shape index (κ2) is 7.61. The molecule has 29 heavy (non-hydrogen) atoms. The minimum atomic E-state index is -0.380. The molecule has 1 aromatic heterocycles. The Morgan fingerprint density at radius 3 is 2.72 bits per heavy atom. The fraction of sp³-hybridized carbons (Fsp3) is 0.429. The zero-order chi connectivity index (χ0) is 19.8. The molecule has 2 aliphatic rings. The molecule has 0 amide bonds. The molecule has 0 unspecified atom stereocenters. The quantitative estimate of drug-likeness (QED) is 0.655. The first kappa shape index (κ1) is 18.3. The average molecular weight is 398 g/mol. The average Bonchev–Trinajstić information content (AvgIpc) is 3.20. The largest absolute Gasteiger partial charge is 0.494 e. The van der Waals surface area contributed by atoms with E-state index in [0.29, 0.717) is 11.4 Å². The summed E-state index contributed by atoms with van der Waals surface area (Å²) in [5, 5.41) is 8.14. The topological polar surface area (TPSA) is 63.9 Å². The summed E-state index contributed by atoms with van der Waals surface area (Å²) in [6.07, 6.45) is 0. The van der Waals surface area contributed by atoms with E-state index in [1.165, 1.54) is 13.2 Å². The van der Waals surface area contributed by atoms with Crippen molar-refractivity contribution < 1.29 is 18.5 Å². The summed E-state index contributed by atoms with van der Waals surface area (Å²) < 4.78 is 29.4. The first-order valence-electron chi connectivity index (χ1n) is 9.86. The third-order valence-corrected chi connectivity index (χ3v) is 5.74. The van der Waals surface area contributed by atoms with Crippen molar-refractivity contribution in [3.05, 3.63) is 36.1 Å². The number of benzene rings is 2. The van der Waals surface area contributed by atoms with Gasteiger partial charge in [0.25, 0.3) is 0 Å². The van der Waals surface area contributed by atoms with E-state index in [2.05, 4.69) is 26.2 Å². The SMILES string of the molecule is COc1cc(-c2cc(N3CC(CN4CCOCC4)C3)c3nonc3c2)ccc1F. The molecule has 0 saturated carbocycles. The number of hydrogen-bond donors (Lipinski definition) is 0. The van der Waals surface area contributed by atoms with Crippen molar-refractivity contribution in [2.75, 3.05) is 57.9 Å². The van der Waals surface area contributed by atoms with Gasteiger partial charge >= 0.3 is 0 Å². The summed E-state index contributed by atoms with van der Waals surface area (Å²) in [5.41, 5.74) is 4.24. The van der Waals surface area contributed by atoms with Gasteiger partial charge in [-0.25, -0.2) is 9.02 Å². The summed E-state index contributed by atoms with van der Waals surface area (Å²) in [6.45, 7) is 6.70. The van der Waals surface area contributed by atoms with E-state index in [1.807, 2.05) is 6.07 Å².